The molecule has 0 fully saturated rings. The van der Waals surface area contributed by atoms with Crippen LogP contribution in [0.1, 0.15) is 0 Å². The second-order valence-corrected chi connectivity index (χ2v) is 15.4. The number of para-hydroxylation sites is 2. The zero-order valence-electron chi connectivity index (χ0n) is 30.4. The molecule has 8 aromatic carbocycles. The topological polar surface area (TPSA) is 56.7 Å². The van der Waals surface area contributed by atoms with E-state index in [9.17, 15) is 0 Å². The second kappa shape index (κ2) is 12.6. The summed E-state index contributed by atoms with van der Waals surface area (Å²) < 4.78 is 11.1. The van der Waals surface area contributed by atoms with Crippen molar-refractivity contribution in [3.05, 3.63) is 182 Å². The van der Waals surface area contributed by atoms with Gasteiger partial charge in [0.1, 0.15) is 11.2 Å². The summed E-state index contributed by atoms with van der Waals surface area (Å²) in [4.78, 5) is 15.2. The third kappa shape index (κ3) is 5.04. The highest BCUT2D eigenvalue weighted by Crippen LogP contribution is 2.43. The van der Waals surface area contributed by atoms with Crippen LogP contribution in [0.5, 0.6) is 0 Å². The molecule has 57 heavy (non-hydrogen) atoms. The Bertz CT molecular complexity index is 3470. The van der Waals surface area contributed by atoms with E-state index in [0.29, 0.717) is 17.5 Å². The van der Waals surface area contributed by atoms with Gasteiger partial charge in [-0.1, -0.05) is 127 Å². The SMILES string of the molecule is c1ccc(-c2nc(-c3ccccc3)nc(-c3cccc4sc5ccc(-c6ccc7c(c6)c6ccccc6n7-c6cccc7oc8ccccc8c67)cc5c34)n2)cc1. The van der Waals surface area contributed by atoms with Gasteiger partial charge in [0.15, 0.2) is 17.5 Å². The summed E-state index contributed by atoms with van der Waals surface area (Å²) >= 11 is 1.80. The zero-order valence-corrected chi connectivity index (χ0v) is 31.2. The molecule has 12 aromatic rings. The minimum Gasteiger partial charge on any atom is -0.456 e. The van der Waals surface area contributed by atoms with E-state index in [1.807, 2.05) is 48.5 Å². The quantitative estimate of drug-likeness (QED) is 0.176. The maximum absolute atomic E-state index is 6.32. The summed E-state index contributed by atoms with van der Waals surface area (Å²) in [6.45, 7) is 0. The largest absolute Gasteiger partial charge is 0.456 e. The van der Waals surface area contributed by atoms with E-state index in [1.54, 1.807) is 11.3 Å². The van der Waals surface area contributed by atoms with Crippen molar-refractivity contribution in [1.82, 2.24) is 19.5 Å². The van der Waals surface area contributed by atoms with E-state index in [4.69, 9.17) is 19.4 Å². The molecule has 0 aliphatic carbocycles. The molecule has 0 atom stereocenters. The molecule has 6 heteroatoms. The first-order chi connectivity index (χ1) is 28.2. The molecule has 12 rings (SSSR count). The molecule has 0 unspecified atom stereocenters. The van der Waals surface area contributed by atoms with Gasteiger partial charge in [0, 0.05) is 53.0 Å². The van der Waals surface area contributed by atoms with Crippen molar-refractivity contribution in [2.75, 3.05) is 0 Å². The van der Waals surface area contributed by atoms with Crippen LogP contribution in [0.25, 0.3) is 115 Å². The van der Waals surface area contributed by atoms with Crippen LogP contribution in [0.3, 0.4) is 0 Å². The van der Waals surface area contributed by atoms with Gasteiger partial charge >= 0.3 is 0 Å². The number of nitrogens with zero attached hydrogens (tertiary/aromatic N) is 4. The number of fused-ring (bicyclic) bond motifs is 9. The van der Waals surface area contributed by atoms with Crippen molar-refractivity contribution in [3.8, 4) is 51.0 Å². The molecule has 0 aliphatic rings. The number of rotatable bonds is 5. The van der Waals surface area contributed by atoms with E-state index < -0.39 is 0 Å². The van der Waals surface area contributed by atoms with Crippen LogP contribution in [0.4, 0.5) is 0 Å². The first kappa shape index (κ1) is 31.9. The molecular weight excluding hydrogens is 717 g/mol. The van der Waals surface area contributed by atoms with Gasteiger partial charge in [-0.3, -0.25) is 0 Å². The van der Waals surface area contributed by atoms with Crippen LogP contribution in [0.2, 0.25) is 0 Å². The van der Waals surface area contributed by atoms with Crippen LogP contribution in [-0.2, 0) is 0 Å². The van der Waals surface area contributed by atoms with Crippen molar-refractivity contribution >= 4 is 75.3 Å². The smallest absolute Gasteiger partial charge is 0.164 e. The highest BCUT2D eigenvalue weighted by molar-refractivity contribution is 7.26. The van der Waals surface area contributed by atoms with Crippen LogP contribution in [0, 0.1) is 0 Å². The molecule has 0 spiro atoms. The summed E-state index contributed by atoms with van der Waals surface area (Å²) in [6.07, 6.45) is 0. The van der Waals surface area contributed by atoms with Crippen molar-refractivity contribution in [2.24, 2.45) is 0 Å². The minimum absolute atomic E-state index is 0.654. The molecule has 0 saturated heterocycles. The van der Waals surface area contributed by atoms with Gasteiger partial charge in [-0.05, 0) is 65.7 Å². The van der Waals surface area contributed by atoms with Gasteiger partial charge in [0.05, 0.1) is 22.1 Å². The van der Waals surface area contributed by atoms with Crippen molar-refractivity contribution < 1.29 is 4.42 Å². The van der Waals surface area contributed by atoms with Crippen LogP contribution in [0.15, 0.2) is 186 Å². The average molecular weight is 747 g/mol. The third-order valence-electron chi connectivity index (χ3n) is 11.1. The van der Waals surface area contributed by atoms with Gasteiger partial charge in [-0.2, -0.15) is 0 Å². The maximum Gasteiger partial charge on any atom is 0.164 e. The van der Waals surface area contributed by atoms with Gasteiger partial charge in [-0.15, -0.1) is 11.3 Å². The molecule has 0 N–H and O–H groups in total. The number of hydrogen-bond donors (Lipinski definition) is 0. The molecule has 4 heterocycles. The molecule has 0 amide bonds. The number of furan rings is 1. The molecule has 0 radical (unpaired) electrons. The highest BCUT2D eigenvalue weighted by Gasteiger charge is 2.20. The molecule has 0 bridgehead atoms. The maximum atomic E-state index is 6.32. The molecule has 4 aromatic heterocycles. The molecule has 0 aliphatic heterocycles. The molecule has 0 saturated carbocycles. The Labute approximate surface area is 330 Å². The fourth-order valence-electron chi connectivity index (χ4n) is 8.48. The second-order valence-electron chi connectivity index (χ2n) is 14.4. The van der Waals surface area contributed by atoms with E-state index >= 15 is 0 Å². The molecular formula is C51H30N4OS. The lowest BCUT2D eigenvalue weighted by atomic mass is 9.99. The van der Waals surface area contributed by atoms with E-state index in [-0.39, 0.29) is 0 Å². The highest BCUT2D eigenvalue weighted by atomic mass is 32.1. The Morgan fingerprint density at radius 3 is 1.79 bits per heavy atom. The summed E-state index contributed by atoms with van der Waals surface area (Å²) in [5, 5.41) is 6.99. The summed E-state index contributed by atoms with van der Waals surface area (Å²) in [6, 6.07) is 63.8. The Hall–Kier alpha value is -7.41. The number of thiophene rings is 1. The van der Waals surface area contributed by atoms with E-state index in [1.165, 1.54) is 25.6 Å². The Kier molecular flexibility index (Phi) is 7.03. The third-order valence-corrected chi connectivity index (χ3v) is 12.2. The van der Waals surface area contributed by atoms with Gasteiger partial charge < -0.3 is 8.98 Å². The predicted octanol–water partition coefficient (Wildman–Crippen LogP) is 13.9. The number of hydrogen-bond acceptors (Lipinski definition) is 5. The predicted molar refractivity (Wildman–Crippen MR) is 236 cm³/mol. The van der Waals surface area contributed by atoms with E-state index in [2.05, 4.69) is 138 Å². The van der Waals surface area contributed by atoms with E-state index in [0.717, 1.165) is 71.9 Å². The van der Waals surface area contributed by atoms with Crippen LogP contribution >= 0.6 is 11.3 Å². The molecule has 5 nitrogen and oxygen atoms in total. The Balaban J connectivity index is 1.04. The monoisotopic (exact) mass is 746 g/mol. The Morgan fingerprint density at radius 1 is 0.386 bits per heavy atom. The fraction of sp³-hybridized carbons (Fsp3) is 0. The van der Waals surface area contributed by atoms with Gasteiger partial charge in [-0.25, -0.2) is 15.0 Å². The summed E-state index contributed by atoms with van der Waals surface area (Å²) in [5.74, 6) is 1.97. The normalized spacial score (nSPS) is 11.9. The standard InChI is InChI=1S/C51H30N4OS/c1-3-13-31(14-4-1)49-52-50(32-15-5-2-6-16-32)54-51(53-49)37-19-11-24-46-47(37)39-30-34(26-28-45(39)57-46)33-25-27-41-38(29-33)35-17-7-9-20-40(35)55(41)42-21-12-23-44-48(42)36-18-8-10-22-43(36)56-44/h1-30H. The first-order valence-electron chi connectivity index (χ1n) is 19.0. The van der Waals surface area contributed by atoms with Gasteiger partial charge in [0.2, 0.25) is 0 Å². The van der Waals surface area contributed by atoms with Crippen LogP contribution < -0.4 is 0 Å². The minimum atomic E-state index is 0.654. The molecule has 266 valence electrons. The number of aromatic nitrogens is 4. The fourth-order valence-corrected chi connectivity index (χ4v) is 9.59. The average Bonchev–Trinajstić information content (AvgIpc) is 3.96. The van der Waals surface area contributed by atoms with Crippen molar-refractivity contribution in [1.29, 1.82) is 0 Å². The lowest BCUT2D eigenvalue weighted by Crippen LogP contribution is -2.00. The number of benzene rings is 8. The van der Waals surface area contributed by atoms with Crippen molar-refractivity contribution in [2.45, 2.75) is 0 Å². The lowest BCUT2D eigenvalue weighted by Gasteiger charge is -2.10. The van der Waals surface area contributed by atoms with Gasteiger partial charge in [0.25, 0.3) is 0 Å². The van der Waals surface area contributed by atoms with Crippen molar-refractivity contribution in [3.63, 3.8) is 0 Å². The summed E-state index contributed by atoms with van der Waals surface area (Å²) in [5.41, 5.74) is 10.4. The van der Waals surface area contributed by atoms with Crippen LogP contribution in [-0.4, -0.2) is 19.5 Å². The summed E-state index contributed by atoms with van der Waals surface area (Å²) in [7, 11) is 0. The zero-order chi connectivity index (χ0) is 37.5. The lowest BCUT2D eigenvalue weighted by molar-refractivity contribution is 0.669. The Morgan fingerprint density at radius 2 is 1.00 bits per heavy atom. The first-order valence-corrected chi connectivity index (χ1v) is 19.8.